The summed E-state index contributed by atoms with van der Waals surface area (Å²) in [5.74, 6) is -0.191. The van der Waals surface area contributed by atoms with Gasteiger partial charge >= 0.3 is 5.97 Å². The first kappa shape index (κ1) is 11.3. The van der Waals surface area contributed by atoms with Gasteiger partial charge in [-0.05, 0) is 24.6 Å². The van der Waals surface area contributed by atoms with Crippen molar-refractivity contribution in [2.75, 3.05) is 0 Å². The van der Waals surface area contributed by atoms with Crippen molar-refractivity contribution in [3.8, 4) is 0 Å². The second-order valence-electron chi connectivity index (χ2n) is 4.25. The molecule has 6 heteroatoms. The zero-order chi connectivity index (χ0) is 12.9. The minimum Gasteiger partial charge on any atom is -0.481 e. The van der Waals surface area contributed by atoms with Crippen LogP contribution in [0.3, 0.4) is 0 Å². The summed E-state index contributed by atoms with van der Waals surface area (Å²) >= 11 is 3.46. The second kappa shape index (κ2) is 3.84. The van der Waals surface area contributed by atoms with E-state index in [-0.39, 0.29) is 6.42 Å². The van der Waals surface area contributed by atoms with E-state index in [2.05, 4.69) is 25.9 Å². The van der Waals surface area contributed by atoms with Gasteiger partial charge in [0.25, 0.3) is 0 Å². The molecule has 0 atom stereocenters. The zero-order valence-corrected chi connectivity index (χ0v) is 11.2. The van der Waals surface area contributed by atoms with Gasteiger partial charge in [0, 0.05) is 16.4 Å². The number of hydrogen-bond acceptors (Lipinski definition) is 2. The first-order valence-electron chi connectivity index (χ1n) is 5.42. The summed E-state index contributed by atoms with van der Waals surface area (Å²) in [7, 11) is 0. The van der Waals surface area contributed by atoms with Gasteiger partial charge in [-0.15, -0.1) is 0 Å². The predicted octanol–water partition coefficient (Wildman–Crippen LogP) is 2.51. The summed E-state index contributed by atoms with van der Waals surface area (Å²) in [6, 6.07) is 3.98. The first-order chi connectivity index (χ1) is 8.54. The standard InChI is InChI=1S/C12H10BrN3O2/c1-6-2-7(13)3-9-11(6)15-12-14-8(4-10(17)18)5-16(9)12/h2-3,5H,4H2,1H3,(H,14,15)(H,17,18). The van der Waals surface area contributed by atoms with Crippen LogP contribution in [0.15, 0.2) is 22.8 Å². The highest BCUT2D eigenvalue weighted by molar-refractivity contribution is 9.10. The molecule has 1 aromatic carbocycles. The number of carboxylic acid groups (broad SMARTS) is 1. The number of aromatic nitrogens is 3. The molecule has 2 heterocycles. The maximum Gasteiger partial charge on any atom is 0.309 e. The van der Waals surface area contributed by atoms with Crippen LogP contribution < -0.4 is 0 Å². The van der Waals surface area contributed by atoms with E-state index in [0.29, 0.717) is 11.5 Å². The molecule has 0 fully saturated rings. The molecule has 0 saturated carbocycles. The van der Waals surface area contributed by atoms with Crippen LogP contribution in [0.4, 0.5) is 0 Å². The minimum atomic E-state index is -0.860. The van der Waals surface area contributed by atoms with E-state index in [9.17, 15) is 4.79 Å². The molecule has 18 heavy (non-hydrogen) atoms. The number of aromatic amines is 1. The van der Waals surface area contributed by atoms with Crippen LogP contribution in [0, 0.1) is 6.92 Å². The summed E-state index contributed by atoms with van der Waals surface area (Å²) < 4.78 is 2.86. The Morgan fingerprint density at radius 3 is 3.06 bits per heavy atom. The number of halogens is 1. The molecule has 0 amide bonds. The van der Waals surface area contributed by atoms with Crippen LogP contribution in [0.2, 0.25) is 0 Å². The lowest BCUT2D eigenvalue weighted by Gasteiger charge is -1.97. The molecule has 0 saturated heterocycles. The Morgan fingerprint density at radius 1 is 1.56 bits per heavy atom. The van der Waals surface area contributed by atoms with Crippen molar-refractivity contribution in [1.29, 1.82) is 0 Å². The van der Waals surface area contributed by atoms with Crippen LogP contribution in [-0.2, 0) is 11.2 Å². The van der Waals surface area contributed by atoms with Crippen molar-refractivity contribution < 1.29 is 9.90 Å². The van der Waals surface area contributed by atoms with E-state index in [1.165, 1.54) is 0 Å². The minimum absolute atomic E-state index is 0.0299. The first-order valence-corrected chi connectivity index (χ1v) is 6.21. The Morgan fingerprint density at radius 2 is 2.33 bits per heavy atom. The molecule has 2 N–H and O–H groups in total. The molecule has 0 aliphatic heterocycles. The van der Waals surface area contributed by atoms with Crippen LogP contribution >= 0.6 is 15.9 Å². The topological polar surface area (TPSA) is 70.4 Å². The van der Waals surface area contributed by atoms with Gasteiger partial charge in [-0.3, -0.25) is 9.20 Å². The summed E-state index contributed by atoms with van der Waals surface area (Å²) in [6.07, 6.45) is 1.75. The molecule has 2 aromatic heterocycles. The quantitative estimate of drug-likeness (QED) is 0.764. The van der Waals surface area contributed by atoms with E-state index in [1.54, 1.807) is 6.20 Å². The predicted molar refractivity (Wildman–Crippen MR) is 70.8 cm³/mol. The monoisotopic (exact) mass is 307 g/mol. The average Bonchev–Trinajstić information content (AvgIpc) is 2.75. The van der Waals surface area contributed by atoms with Crippen molar-refractivity contribution in [2.45, 2.75) is 13.3 Å². The Labute approximate surface area is 111 Å². The number of nitrogens with zero attached hydrogens (tertiary/aromatic N) is 2. The number of nitrogens with one attached hydrogen (secondary N) is 1. The molecular formula is C12H10BrN3O2. The molecule has 92 valence electrons. The molecule has 0 unspecified atom stereocenters. The number of imidazole rings is 2. The maximum atomic E-state index is 10.7. The molecule has 3 rings (SSSR count). The third-order valence-electron chi connectivity index (χ3n) is 2.85. The lowest BCUT2D eigenvalue weighted by Crippen LogP contribution is -1.99. The molecule has 0 aliphatic rings. The third-order valence-corrected chi connectivity index (χ3v) is 3.31. The van der Waals surface area contributed by atoms with Gasteiger partial charge in [-0.2, -0.15) is 0 Å². The second-order valence-corrected chi connectivity index (χ2v) is 5.16. The number of fused-ring (bicyclic) bond motifs is 3. The lowest BCUT2D eigenvalue weighted by molar-refractivity contribution is -0.136. The molecule has 0 bridgehead atoms. The van der Waals surface area contributed by atoms with Gasteiger partial charge < -0.3 is 10.1 Å². The van der Waals surface area contributed by atoms with Crippen LogP contribution in [-0.4, -0.2) is 25.4 Å². The summed E-state index contributed by atoms with van der Waals surface area (Å²) in [6.45, 7) is 2.00. The van der Waals surface area contributed by atoms with E-state index < -0.39 is 5.97 Å². The smallest absolute Gasteiger partial charge is 0.309 e. The summed E-state index contributed by atoms with van der Waals surface area (Å²) in [5.41, 5.74) is 3.61. The number of H-pyrrole nitrogens is 1. The van der Waals surface area contributed by atoms with Crippen LogP contribution in [0.1, 0.15) is 11.3 Å². The number of hydrogen-bond donors (Lipinski definition) is 2. The molecule has 0 aliphatic carbocycles. The van der Waals surface area contributed by atoms with Gasteiger partial charge in [-0.1, -0.05) is 15.9 Å². The van der Waals surface area contributed by atoms with E-state index in [1.807, 2.05) is 23.5 Å². The number of aliphatic carboxylic acids is 1. The highest BCUT2D eigenvalue weighted by Gasteiger charge is 2.12. The highest BCUT2D eigenvalue weighted by atomic mass is 79.9. The summed E-state index contributed by atoms with van der Waals surface area (Å²) in [5, 5.41) is 8.77. The van der Waals surface area contributed by atoms with Crippen molar-refractivity contribution in [1.82, 2.24) is 14.4 Å². The Balaban J connectivity index is 2.27. The van der Waals surface area contributed by atoms with E-state index in [0.717, 1.165) is 21.1 Å². The largest absolute Gasteiger partial charge is 0.481 e. The Hall–Kier alpha value is -1.82. The normalized spacial score (nSPS) is 11.4. The molecular weight excluding hydrogens is 298 g/mol. The van der Waals surface area contributed by atoms with Gasteiger partial charge in [0.05, 0.1) is 17.5 Å². The molecule has 0 radical (unpaired) electrons. The maximum absolute atomic E-state index is 10.7. The molecule has 5 nitrogen and oxygen atoms in total. The lowest BCUT2D eigenvalue weighted by atomic mass is 10.2. The number of carboxylic acids is 1. The van der Waals surface area contributed by atoms with Gasteiger partial charge in [0.15, 0.2) is 0 Å². The average molecular weight is 308 g/mol. The Bertz CT molecular complexity index is 772. The van der Waals surface area contributed by atoms with Gasteiger partial charge in [-0.25, -0.2) is 4.98 Å². The van der Waals surface area contributed by atoms with Crippen molar-refractivity contribution >= 4 is 38.7 Å². The fraction of sp³-hybridized carbons (Fsp3) is 0.167. The Kier molecular flexibility index (Phi) is 2.41. The number of rotatable bonds is 2. The van der Waals surface area contributed by atoms with Crippen LogP contribution in [0.25, 0.3) is 16.8 Å². The fourth-order valence-corrected chi connectivity index (χ4v) is 2.68. The number of benzene rings is 1. The highest BCUT2D eigenvalue weighted by Crippen LogP contribution is 2.24. The SMILES string of the molecule is Cc1cc(Br)cc2c1nc1[nH]c(CC(=O)O)cn12. The van der Waals surface area contributed by atoms with E-state index in [4.69, 9.17) is 5.11 Å². The third kappa shape index (κ3) is 1.69. The van der Waals surface area contributed by atoms with Crippen molar-refractivity contribution in [2.24, 2.45) is 0 Å². The zero-order valence-electron chi connectivity index (χ0n) is 9.57. The summed E-state index contributed by atoms with van der Waals surface area (Å²) in [4.78, 5) is 18.2. The molecule has 0 spiro atoms. The number of aryl methyl sites for hydroxylation is 1. The van der Waals surface area contributed by atoms with Crippen molar-refractivity contribution in [3.63, 3.8) is 0 Å². The van der Waals surface area contributed by atoms with E-state index >= 15 is 0 Å². The van der Waals surface area contributed by atoms with Gasteiger partial charge in [0.1, 0.15) is 0 Å². The fourth-order valence-electron chi connectivity index (χ4n) is 2.12. The van der Waals surface area contributed by atoms with Crippen LogP contribution in [0.5, 0.6) is 0 Å². The number of carbonyl (C=O) groups is 1. The van der Waals surface area contributed by atoms with Crippen molar-refractivity contribution in [3.05, 3.63) is 34.1 Å². The molecule has 3 aromatic rings. The van der Waals surface area contributed by atoms with Gasteiger partial charge in [0.2, 0.25) is 5.78 Å².